The number of hydrogen-bond acceptors (Lipinski definition) is 4. The van der Waals surface area contributed by atoms with Crippen molar-refractivity contribution in [3.05, 3.63) is 81.7 Å². The van der Waals surface area contributed by atoms with Gasteiger partial charge in [0.1, 0.15) is 12.4 Å². The van der Waals surface area contributed by atoms with Crippen LogP contribution >= 0.6 is 11.3 Å². The van der Waals surface area contributed by atoms with Crippen LogP contribution < -0.4 is 4.74 Å². The van der Waals surface area contributed by atoms with Crippen molar-refractivity contribution in [2.24, 2.45) is 0 Å². The van der Waals surface area contributed by atoms with Crippen LogP contribution in [0.5, 0.6) is 5.75 Å². The summed E-state index contributed by atoms with van der Waals surface area (Å²) in [5.74, 6) is 0.650. The van der Waals surface area contributed by atoms with Crippen molar-refractivity contribution < 1.29 is 9.66 Å². The van der Waals surface area contributed by atoms with E-state index in [1.165, 1.54) is 17.4 Å². The fraction of sp³-hybridized carbons (Fsp3) is 0.0588. The van der Waals surface area contributed by atoms with E-state index in [0.717, 1.165) is 16.0 Å². The van der Waals surface area contributed by atoms with Crippen LogP contribution in [0.15, 0.2) is 66.0 Å². The number of non-ortho nitro benzene ring substituents is 1. The van der Waals surface area contributed by atoms with Crippen LogP contribution in [0.25, 0.3) is 10.4 Å². The Balaban J connectivity index is 1.91. The van der Waals surface area contributed by atoms with Crippen molar-refractivity contribution in [1.82, 2.24) is 0 Å². The molecule has 0 saturated heterocycles. The summed E-state index contributed by atoms with van der Waals surface area (Å²) in [4.78, 5) is 11.5. The highest BCUT2D eigenvalue weighted by atomic mass is 32.1. The quantitative estimate of drug-likeness (QED) is 0.497. The largest absolute Gasteiger partial charge is 0.488 e. The molecule has 0 fully saturated rings. The molecule has 4 nitrogen and oxygen atoms in total. The van der Waals surface area contributed by atoms with Crippen LogP contribution in [0.1, 0.15) is 5.56 Å². The van der Waals surface area contributed by atoms with Crippen LogP contribution in [0.3, 0.4) is 0 Å². The molecule has 0 radical (unpaired) electrons. The molecule has 3 rings (SSSR count). The van der Waals surface area contributed by atoms with Crippen LogP contribution in [-0.4, -0.2) is 4.92 Å². The normalized spacial score (nSPS) is 10.4. The highest BCUT2D eigenvalue weighted by Gasteiger charge is 2.14. The van der Waals surface area contributed by atoms with E-state index >= 15 is 0 Å². The lowest BCUT2D eigenvalue weighted by Gasteiger charge is -2.10. The molecule has 110 valence electrons. The van der Waals surface area contributed by atoms with Gasteiger partial charge in [0.15, 0.2) is 0 Å². The average Bonchev–Trinajstić information content (AvgIpc) is 3.08. The first-order valence-electron chi connectivity index (χ1n) is 6.73. The predicted octanol–water partition coefficient (Wildman–Crippen LogP) is 4.90. The molecule has 2 aromatic carbocycles. The number of hydrogen-bond donors (Lipinski definition) is 0. The molecule has 5 heteroatoms. The Kier molecular flexibility index (Phi) is 4.16. The van der Waals surface area contributed by atoms with Gasteiger partial charge in [-0.1, -0.05) is 36.4 Å². The Labute approximate surface area is 131 Å². The molecule has 0 saturated carbocycles. The maximum Gasteiger partial charge on any atom is 0.270 e. The minimum atomic E-state index is -0.391. The van der Waals surface area contributed by atoms with Gasteiger partial charge in [-0.25, -0.2) is 0 Å². The van der Waals surface area contributed by atoms with E-state index in [2.05, 4.69) is 0 Å². The SMILES string of the molecule is O=[N+]([O-])c1ccc(OCc2ccccc2)c(-c2cccs2)c1. The van der Waals surface area contributed by atoms with Gasteiger partial charge < -0.3 is 4.74 Å². The second kappa shape index (κ2) is 6.41. The fourth-order valence-corrected chi connectivity index (χ4v) is 2.86. The Morgan fingerprint density at radius 3 is 2.55 bits per heavy atom. The van der Waals surface area contributed by atoms with Gasteiger partial charge in [-0.15, -0.1) is 11.3 Å². The van der Waals surface area contributed by atoms with Crippen molar-refractivity contribution in [2.75, 3.05) is 0 Å². The van der Waals surface area contributed by atoms with Crippen LogP contribution in [0.4, 0.5) is 5.69 Å². The highest BCUT2D eigenvalue weighted by molar-refractivity contribution is 7.13. The number of nitro groups is 1. The number of benzene rings is 2. The molecule has 1 aromatic heterocycles. The van der Waals surface area contributed by atoms with Gasteiger partial charge in [-0.2, -0.15) is 0 Å². The summed E-state index contributed by atoms with van der Waals surface area (Å²) < 4.78 is 5.87. The Hall–Kier alpha value is -2.66. The molecule has 1 heterocycles. The number of nitro benzene ring substituents is 1. The van der Waals surface area contributed by atoms with Gasteiger partial charge >= 0.3 is 0 Å². The van der Waals surface area contributed by atoms with Crippen LogP contribution in [0.2, 0.25) is 0 Å². The third-order valence-electron chi connectivity index (χ3n) is 3.20. The molecular formula is C17H13NO3S. The maximum absolute atomic E-state index is 11.0. The zero-order chi connectivity index (χ0) is 15.4. The van der Waals surface area contributed by atoms with Crippen LogP contribution in [-0.2, 0) is 6.61 Å². The zero-order valence-corrected chi connectivity index (χ0v) is 12.5. The minimum Gasteiger partial charge on any atom is -0.488 e. The van der Waals surface area contributed by atoms with Gasteiger partial charge in [-0.3, -0.25) is 10.1 Å². The Bertz CT molecular complexity index is 770. The molecule has 0 unspecified atom stereocenters. The topological polar surface area (TPSA) is 52.4 Å². The second-order valence-electron chi connectivity index (χ2n) is 4.69. The van der Waals surface area contributed by atoms with Crippen molar-refractivity contribution in [1.29, 1.82) is 0 Å². The van der Waals surface area contributed by atoms with E-state index in [1.807, 2.05) is 47.8 Å². The van der Waals surface area contributed by atoms with E-state index in [4.69, 9.17) is 4.74 Å². The average molecular weight is 311 g/mol. The lowest BCUT2D eigenvalue weighted by molar-refractivity contribution is -0.384. The summed E-state index contributed by atoms with van der Waals surface area (Å²) in [5.41, 5.74) is 1.87. The molecule has 3 aromatic rings. The molecule has 0 bridgehead atoms. The lowest BCUT2D eigenvalue weighted by atomic mass is 10.1. The van der Waals surface area contributed by atoms with Gasteiger partial charge in [0.25, 0.3) is 5.69 Å². The molecule has 0 aliphatic rings. The smallest absolute Gasteiger partial charge is 0.270 e. The van der Waals surface area contributed by atoms with E-state index in [9.17, 15) is 10.1 Å². The van der Waals surface area contributed by atoms with Crippen molar-refractivity contribution in [3.8, 4) is 16.2 Å². The van der Waals surface area contributed by atoms with Gasteiger partial charge in [0.05, 0.1) is 4.92 Å². The first-order valence-corrected chi connectivity index (χ1v) is 7.61. The number of rotatable bonds is 5. The fourth-order valence-electron chi connectivity index (χ4n) is 2.12. The monoisotopic (exact) mass is 311 g/mol. The molecular weight excluding hydrogens is 298 g/mol. The van der Waals surface area contributed by atoms with Gasteiger partial charge in [0, 0.05) is 22.6 Å². The van der Waals surface area contributed by atoms with Crippen LogP contribution in [0, 0.1) is 10.1 Å². The molecule has 0 atom stereocenters. The number of ether oxygens (including phenoxy) is 1. The standard InChI is InChI=1S/C17H13NO3S/c19-18(20)14-8-9-16(15(11-14)17-7-4-10-22-17)21-12-13-5-2-1-3-6-13/h1-11H,12H2. The highest BCUT2D eigenvalue weighted by Crippen LogP contribution is 2.36. The van der Waals surface area contributed by atoms with Crippen molar-refractivity contribution >= 4 is 17.0 Å². The molecule has 22 heavy (non-hydrogen) atoms. The van der Waals surface area contributed by atoms with Crippen molar-refractivity contribution in [2.45, 2.75) is 6.61 Å². The number of nitrogens with zero attached hydrogens (tertiary/aromatic N) is 1. The Morgan fingerprint density at radius 1 is 1.05 bits per heavy atom. The molecule has 0 aliphatic heterocycles. The molecule has 0 N–H and O–H groups in total. The summed E-state index contributed by atoms with van der Waals surface area (Å²) in [6, 6.07) is 18.4. The first-order chi connectivity index (χ1) is 10.7. The van der Waals surface area contributed by atoms with E-state index in [0.29, 0.717) is 12.4 Å². The Morgan fingerprint density at radius 2 is 1.86 bits per heavy atom. The number of thiophene rings is 1. The maximum atomic E-state index is 11.0. The summed E-state index contributed by atoms with van der Waals surface area (Å²) >= 11 is 1.53. The molecule has 0 spiro atoms. The third-order valence-corrected chi connectivity index (χ3v) is 4.10. The van der Waals surface area contributed by atoms with E-state index < -0.39 is 4.92 Å². The summed E-state index contributed by atoms with van der Waals surface area (Å²) in [6.07, 6.45) is 0. The van der Waals surface area contributed by atoms with E-state index in [-0.39, 0.29) is 5.69 Å². The summed E-state index contributed by atoms with van der Waals surface area (Å²) in [7, 11) is 0. The van der Waals surface area contributed by atoms with Gasteiger partial charge in [-0.05, 0) is 23.1 Å². The lowest BCUT2D eigenvalue weighted by Crippen LogP contribution is -1.97. The minimum absolute atomic E-state index is 0.0652. The third kappa shape index (κ3) is 3.15. The van der Waals surface area contributed by atoms with Gasteiger partial charge in [0.2, 0.25) is 0 Å². The summed E-state index contributed by atoms with van der Waals surface area (Å²) in [6.45, 7) is 0.428. The molecule has 0 aliphatic carbocycles. The second-order valence-corrected chi connectivity index (χ2v) is 5.64. The first kappa shape index (κ1) is 14.3. The van der Waals surface area contributed by atoms with Crippen molar-refractivity contribution in [3.63, 3.8) is 0 Å². The zero-order valence-electron chi connectivity index (χ0n) is 11.6. The molecule has 0 amide bonds. The summed E-state index contributed by atoms with van der Waals surface area (Å²) in [5, 5.41) is 12.9. The van der Waals surface area contributed by atoms with E-state index in [1.54, 1.807) is 12.1 Å². The predicted molar refractivity (Wildman–Crippen MR) is 87.2 cm³/mol.